The lowest BCUT2D eigenvalue weighted by Crippen LogP contribution is -2.25. The van der Waals surface area contributed by atoms with Gasteiger partial charge in [0.1, 0.15) is 12.4 Å². The number of nitrogens with zero attached hydrogens (tertiary/aromatic N) is 3. The van der Waals surface area contributed by atoms with Crippen LogP contribution in [0.5, 0.6) is 0 Å². The first kappa shape index (κ1) is 14.0. The van der Waals surface area contributed by atoms with Crippen LogP contribution in [0, 0.1) is 5.82 Å². The summed E-state index contributed by atoms with van der Waals surface area (Å²) >= 11 is 5.98. The van der Waals surface area contributed by atoms with Crippen LogP contribution in [0.2, 0.25) is 5.02 Å². The van der Waals surface area contributed by atoms with Gasteiger partial charge >= 0.3 is 0 Å². The van der Waals surface area contributed by atoms with Crippen LogP contribution in [0.4, 0.5) is 4.39 Å². The van der Waals surface area contributed by atoms with Crippen LogP contribution in [0.3, 0.4) is 0 Å². The molecule has 0 fully saturated rings. The molecule has 102 valence electrons. The summed E-state index contributed by atoms with van der Waals surface area (Å²) in [6.07, 6.45) is 0. The van der Waals surface area contributed by atoms with Gasteiger partial charge in [-0.15, -0.1) is 10.2 Å². The predicted molar refractivity (Wildman–Crippen MR) is 71.3 cm³/mol. The van der Waals surface area contributed by atoms with Crippen molar-refractivity contribution in [1.82, 2.24) is 14.8 Å². The normalized spacial score (nSPS) is 11.9. The molecule has 0 saturated heterocycles. The third kappa shape index (κ3) is 2.48. The molecule has 1 aromatic heterocycles. The van der Waals surface area contributed by atoms with Crippen molar-refractivity contribution >= 4 is 11.6 Å². The molecule has 4 nitrogen and oxygen atoms in total. The summed E-state index contributed by atoms with van der Waals surface area (Å²) in [4.78, 5) is 0. The molecule has 0 saturated carbocycles. The quantitative estimate of drug-likeness (QED) is 0.922. The minimum absolute atomic E-state index is 0.00453. The van der Waals surface area contributed by atoms with Crippen molar-refractivity contribution in [2.45, 2.75) is 32.9 Å². The first-order chi connectivity index (χ1) is 8.86. The molecular formula is C13H15ClFN3O. The number of halogens is 2. The average Bonchev–Trinajstić information content (AvgIpc) is 2.76. The van der Waals surface area contributed by atoms with E-state index in [1.165, 1.54) is 6.07 Å². The minimum atomic E-state index is -0.506. The molecule has 1 N–H and O–H groups in total. The van der Waals surface area contributed by atoms with Crippen LogP contribution in [0.25, 0.3) is 11.4 Å². The fourth-order valence-electron chi connectivity index (χ4n) is 1.97. The zero-order chi connectivity index (χ0) is 14.2. The number of aliphatic hydroxyl groups is 1. The van der Waals surface area contributed by atoms with E-state index in [1.807, 2.05) is 20.8 Å². The molecule has 1 aromatic carbocycles. The topological polar surface area (TPSA) is 50.9 Å². The molecule has 2 aromatic rings. The van der Waals surface area contributed by atoms with Gasteiger partial charge in [0.2, 0.25) is 0 Å². The van der Waals surface area contributed by atoms with Gasteiger partial charge in [0.25, 0.3) is 0 Å². The SMILES string of the molecule is CC(C)(C)n1c(CO)nnc1-c1cccc(F)c1Cl. The molecule has 0 aliphatic carbocycles. The highest BCUT2D eigenvalue weighted by Crippen LogP contribution is 2.32. The molecule has 0 unspecified atom stereocenters. The summed E-state index contributed by atoms with van der Waals surface area (Å²) in [5, 5.41) is 17.3. The van der Waals surface area contributed by atoms with Crippen LogP contribution in [0.1, 0.15) is 26.6 Å². The van der Waals surface area contributed by atoms with E-state index in [0.717, 1.165) is 0 Å². The summed E-state index contributed by atoms with van der Waals surface area (Å²) in [6, 6.07) is 4.53. The van der Waals surface area contributed by atoms with Crippen molar-refractivity contribution in [2.24, 2.45) is 0 Å². The average molecular weight is 284 g/mol. The van der Waals surface area contributed by atoms with Gasteiger partial charge in [0.15, 0.2) is 11.6 Å². The fraction of sp³-hybridized carbons (Fsp3) is 0.385. The highest BCUT2D eigenvalue weighted by molar-refractivity contribution is 6.33. The summed E-state index contributed by atoms with van der Waals surface area (Å²) in [5.41, 5.74) is 0.107. The number of aromatic nitrogens is 3. The van der Waals surface area contributed by atoms with Crippen LogP contribution < -0.4 is 0 Å². The molecule has 2 rings (SSSR count). The van der Waals surface area contributed by atoms with E-state index >= 15 is 0 Å². The molecule has 6 heteroatoms. The van der Waals surface area contributed by atoms with E-state index in [0.29, 0.717) is 17.2 Å². The maximum atomic E-state index is 13.5. The molecule has 19 heavy (non-hydrogen) atoms. The second-order valence-corrected chi connectivity index (χ2v) is 5.58. The Labute approximate surface area is 115 Å². The Morgan fingerprint density at radius 3 is 2.58 bits per heavy atom. The van der Waals surface area contributed by atoms with Crippen molar-refractivity contribution in [3.8, 4) is 11.4 Å². The Morgan fingerprint density at radius 1 is 1.32 bits per heavy atom. The highest BCUT2D eigenvalue weighted by Gasteiger charge is 2.25. The monoisotopic (exact) mass is 283 g/mol. The zero-order valence-corrected chi connectivity index (χ0v) is 11.7. The number of hydrogen-bond acceptors (Lipinski definition) is 3. The van der Waals surface area contributed by atoms with Crippen molar-refractivity contribution in [3.05, 3.63) is 34.9 Å². The minimum Gasteiger partial charge on any atom is -0.388 e. The zero-order valence-electron chi connectivity index (χ0n) is 11.0. The number of benzene rings is 1. The largest absolute Gasteiger partial charge is 0.388 e. The van der Waals surface area contributed by atoms with E-state index in [-0.39, 0.29) is 17.2 Å². The Bertz CT molecular complexity index is 604. The molecular weight excluding hydrogens is 269 g/mol. The fourth-order valence-corrected chi connectivity index (χ4v) is 2.19. The van der Waals surface area contributed by atoms with Crippen molar-refractivity contribution in [1.29, 1.82) is 0 Å². The molecule has 0 spiro atoms. The van der Waals surface area contributed by atoms with Gasteiger partial charge in [0.05, 0.1) is 5.02 Å². The number of aliphatic hydroxyl groups excluding tert-OH is 1. The first-order valence-electron chi connectivity index (χ1n) is 5.86. The van der Waals surface area contributed by atoms with Crippen LogP contribution in [0.15, 0.2) is 18.2 Å². The second-order valence-electron chi connectivity index (χ2n) is 5.21. The standard InChI is InChI=1S/C13H15ClFN3O/c1-13(2,3)18-10(7-19)16-17-12(18)8-5-4-6-9(15)11(8)14/h4-6,19H,7H2,1-3H3. The number of rotatable bonds is 2. The summed E-state index contributed by atoms with van der Waals surface area (Å²) in [7, 11) is 0. The smallest absolute Gasteiger partial charge is 0.166 e. The highest BCUT2D eigenvalue weighted by atomic mass is 35.5. The van der Waals surface area contributed by atoms with E-state index in [2.05, 4.69) is 10.2 Å². The van der Waals surface area contributed by atoms with Crippen LogP contribution >= 0.6 is 11.6 Å². The van der Waals surface area contributed by atoms with Gasteiger partial charge in [-0.3, -0.25) is 0 Å². The Morgan fingerprint density at radius 2 is 2.00 bits per heavy atom. The van der Waals surface area contributed by atoms with Crippen molar-refractivity contribution in [3.63, 3.8) is 0 Å². The van der Waals surface area contributed by atoms with Gasteiger partial charge in [-0.25, -0.2) is 4.39 Å². The van der Waals surface area contributed by atoms with Gasteiger partial charge < -0.3 is 9.67 Å². The van der Waals surface area contributed by atoms with Gasteiger partial charge in [-0.05, 0) is 32.9 Å². The van der Waals surface area contributed by atoms with E-state index in [1.54, 1.807) is 16.7 Å². The molecule has 0 aliphatic heterocycles. The van der Waals surface area contributed by atoms with Crippen molar-refractivity contribution < 1.29 is 9.50 Å². The summed E-state index contributed by atoms with van der Waals surface area (Å²) in [5.74, 6) is 0.358. The Balaban J connectivity index is 2.70. The van der Waals surface area contributed by atoms with Gasteiger partial charge in [-0.2, -0.15) is 0 Å². The van der Waals surface area contributed by atoms with Crippen LogP contribution in [-0.4, -0.2) is 19.9 Å². The van der Waals surface area contributed by atoms with Gasteiger partial charge in [-0.1, -0.05) is 17.7 Å². The number of hydrogen-bond donors (Lipinski definition) is 1. The van der Waals surface area contributed by atoms with E-state index < -0.39 is 5.82 Å². The lowest BCUT2D eigenvalue weighted by molar-refractivity contribution is 0.250. The van der Waals surface area contributed by atoms with Gasteiger partial charge in [0, 0.05) is 11.1 Å². The molecule has 0 radical (unpaired) electrons. The van der Waals surface area contributed by atoms with E-state index in [9.17, 15) is 9.50 Å². The third-order valence-corrected chi connectivity index (χ3v) is 3.12. The maximum absolute atomic E-state index is 13.5. The Kier molecular flexibility index (Phi) is 3.60. The second kappa shape index (κ2) is 4.90. The van der Waals surface area contributed by atoms with Crippen molar-refractivity contribution in [2.75, 3.05) is 0 Å². The molecule has 0 aliphatic rings. The Hall–Kier alpha value is -1.46. The van der Waals surface area contributed by atoms with E-state index in [4.69, 9.17) is 11.6 Å². The summed E-state index contributed by atoms with van der Waals surface area (Å²) < 4.78 is 15.3. The van der Waals surface area contributed by atoms with Crippen LogP contribution in [-0.2, 0) is 12.1 Å². The molecule has 0 bridgehead atoms. The summed E-state index contributed by atoms with van der Waals surface area (Å²) in [6.45, 7) is 5.61. The molecule has 0 atom stereocenters. The lowest BCUT2D eigenvalue weighted by atomic mass is 10.1. The lowest BCUT2D eigenvalue weighted by Gasteiger charge is -2.24. The molecule has 1 heterocycles. The molecule has 0 amide bonds. The predicted octanol–water partition coefficient (Wildman–Crippen LogP) is 2.98. The third-order valence-electron chi connectivity index (χ3n) is 2.73. The first-order valence-corrected chi connectivity index (χ1v) is 6.24. The maximum Gasteiger partial charge on any atom is 0.166 e.